The summed E-state index contributed by atoms with van der Waals surface area (Å²) < 4.78 is 1.80. The monoisotopic (exact) mass is 387 g/mol. The number of hydrogen-bond donors (Lipinski definition) is 0. The Hall–Kier alpha value is -0.350. The molecule has 0 aliphatic heterocycles. The molecule has 0 spiro atoms. The third-order valence-corrected chi connectivity index (χ3v) is 5.04. The van der Waals surface area contributed by atoms with Gasteiger partial charge < -0.3 is 4.90 Å². The molecule has 1 aromatic carbocycles. The predicted molar refractivity (Wildman–Crippen MR) is 85.4 cm³/mol. The fraction of sp³-hybridized carbons (Fsp3) is 0.533. The minimum atomic E-state index is 0.111. The Labute approximate surface area is 131 Å². The smallest absolute Gasteiger partial charge is 0.255 e. The van der Waals surface area contributed by atoms with Crippen molar-refractivity contribution in [2.75, 3.05) is 7.05 Å². The molecule has 2 rings (SSSR count). The number of amides is 1. The largest absolute Gasteiger partial charge is 0.339 e. The van der Waals surface area contributed by atoms with Gasteiger partial charge in [0.05, 0.1) is 5.56 Å². The first-order valence-corrected chi connectivity index (χ1v) is 8.40. The fourth-order valence-electron chi connectivity index (χ4n) is 2.66. The number of hydrogen-bond acceptors (Lipinski definition) is 1. The van der Waals surface area contributed by atoms with E-state index in [0.717, 1.165) is 27.4 Å². The third kappa shape index (κ3) is 3.82. The average Bonchev–Trinajstić information content (AvgIpc) is 2.69. The Kier molecular flexibility index (Phi) is 5.46. The zero-order valence-corrected chi connectivity index (χ0v) is 14.3. The maximum Gasteiger partial charge on any atom is 0.255 e. The molecule has 0 unspecified atom stereocenters. The maximum absolute atomic E-state index is 12.6. The average molecular weight is 389 g/mol. The molecule has 0 N–H and O–H groups in total. The molecule has 0 bridgehead atoms. The molecule has 1 amide bonds. The number of benzene rings is 1. The maximum atomic E-state index is 12.6. The van der Waals surface area contributed by atoms with Crippen LogP contribution in [-0.4, -0.2) is 23.9 Å². The Balaban J connectivity index is 2.15. The third-order valence-electron chi connectivity index (χ3n) is 3.85. The van der Waals surface area contributed by atoms with Gasteiger partial charge in [0, 0.05) is 22.0 Å². The summed E-state index contributed by atoms with van der Waals surface area (Å²) in [4.78, 5) is 14.5. The van der Waals surface area contributed by atoms with Gasteiger partial charge in [-0.15, -0.1) is 0 Å². The second-order valence-electron chi connectivity index (χ2n) is 5.19. The minimum Gasteiger partial charge on any atom is -0.339 e. The van der Waals surface area contributed by atoms with E-state index in [1.165, 1.54) is 25.7 Å². The van der Waals surface area contributed by atoms with E-state index < -0.39 is 0 Å². The van der Waals surface area contributed by atoms with Crippen molar-refractivity contribution in [3.8, 4) is 0 Å². The van der Waals surface area contributed by atoms with Crippen LogP contribution in [0.5, 0.6) is 0 Å². The molecule has 0 atom stereocenters. The number of nitrogens with zero attached hydrogens (tertiary/aromatic N) is 1. The van der Waals surface area contributed by atoms with Crippen LogP contribution in [0.4, 0.5) is 0 Å². The molecular weight excluding hydrogens is 370 g/mol. The zero-order chi connectivity index (χ0) is 13.8. The SMILES string of the molecule is CN(C(=O)c1cc(Br)ccc1Br)C1CCCCCC1. The van der Waals surface area contributed by atoms with Gasteiger partial charge in [0.15, 0.2) is 0 Å². The van der Waals surface area contributed by atoms with Gasteiger partial charge >= 0.3 is 0 Å². The van der Waals surface area contributed by atoms with Crippen molar-refractivity contribution in [3.63, 3.8) is 0 Å². The molecule has 1 aromatic rings. The van der Waals surface area contributed by atoms with E-state index >= 15 is 0 Å². The normalized spacial score (nSPS) is 17.0. The predicted octanol–water partition coefficient (Wildman–Crippen LogP) is 5.01. The quantitative estimate of drug-likeness (QED) is 0.652. The van der Waals surface area contributed by atoms with Gasteiger partial charge in [-0.25, -0.2) is 0 Å². The van der Waals surface area contributed by atoms with Gasteiger partial charge in [-0.1, -0.05) is 41.6 Å². The van der Waals surface area contributed by atoms with Crippen LogP contribution in [0.3, 0.4) is 0 Å². The summed E-state index contributed by atoms with van der Waals surface area (Å²) in [7, 11) is 1.94. The molecule has 1 saturated carbocycles. The number of halogens is 2. The summed E-state index contributed by atoms with van der Waals surface area (Å²) in [6.07, 6.45) is 7.35. The van der Waals surface area contributed by atoms with E-state index in [1.54, 1.807) is 0 Å². The van der Waals surface area contributed by atoms with Crippen molar-refractivity contribution in [1.29, 1.82) is 0 Å². The Morgan fingerprint density at radius 3 is 2.42 bits per heavy atom. The number of carbonyl (C=O) groups is 1. The molecule has 1 aliphatic carbocycles. The van der Waals surface area contributed by atoms with Gasteiger partial charge in [0.1, 0.15) is 0 Å². The Morgan fingerprint density at radius 1 is 1.16 bits per heavy atom. The zero-order valence-electron chi connectivity index (χ0n) is 11.2. The van der Waals surface area contributed by atoms with Gasteiger partial charge in [-0.05, 0) is 47.0 Å². The van der Waals surface area contributed by atoms with E-state index in [9.17, 15) is 4.79 Å². The fourth-order valence-corrected chi connectivity index (χ4v) is 3.44. The first kappa shape index (κ1) is 15.0. The first-order valence-electron chi connectivity index (χ1n) is 6.82. The summed E-state index contributed by atoms with van der Waals surface area (Å²) in [5.41, 5.74) is 0.737. The second-order valence-corrected chi connectivity index (χ2v) is 6.96. The summed E-state index contributed by atoms with van der Waals surface area (Å²) in [5.74, 6) is 0.111. The molecule has 0 radical (unpaired) electrons. The minimum absolute atomic E-state index is 0.111. The highest BCUT2D eigenvalue weighted by molar-refractivity contribution is 9.11. The lowest BCUT2D eigenvalue weighted by molar-refractivity contribution is 0.0716. The molecule has 0 heterocycles. The van der Waals surface area contributed by atoms with Gasteiger partial charge in [-0.2, -0.15) is 0 Å². The van der Waals surface area contributed by atoms with Crippen LogP contribution in [-0.2, 0) is 0 Å². The molecule has 104 valence electrons. The van der Waals surface area contributed by atoms with Gasteiger partial charge in [0.2, 0.25) is 0 Å². The van der Waals surface area contributed by atoms with Crippen LogP contribution in [0.2, 0.25) is 0 Å². The van der Waals surface area contributed by atoms with Crippen molar-refractivity contribution in [3.05, 3.63) is 32.7 Å². The lowest BCUT2D eigenvalue weighted by atomic mass is 10.1. The second kappa shape index (κ2) is 6.89. The summed E-state index contributed by atoms with van der Waals surface area (Å²) in [6, 6.07) is 6.13. The lowest BCUT2D eigenvalue weighted by Crippen LogP contribution is -2.36. The first-order chi connectivity index (χ1) is 9.09. The van der Waals surface area contributed by atoms with E-state index in [4.69, 9.17) is 0 Å². The van der Waals surface area contributed by atoms with Crippen molar-refractivity contribution in [1.82, 2.24) is 4.90 Å². The summed E-state index contributed by atoms with van der Waals surface area (Å²) in [5, 5.41) is 0. The van der Waals surface area contributed by atoms with Crippen molar-refractivity contribution >= 4 is 37.8 Å². The summed E-state index contributed by atoms with van der Waals surface area (Å²) >= 11 is 6.90. The highest BCUT2D eigenvalue weighted by Gasteiger charge is 2.23. The Bertz CT molecular complexity index is 453. The van der Waals surface area contributed by atoms with Crippen molar-refractivity contribution in [2.45, 2.75) is 44.6 Å². The lowest BCUT2D eigenvalue weighted by Gasteiger charge is -2.27. The van der Waals surface area contributed by atoms with Gasteiger partial charge in [0.25, 0.3) is 5.91 Å². The number of carbonyl (C=O) groups excluding carboxylic acids is 1. The standard InChI is InChI=1S/C15H19Br2NO/c1-18(12-6-4-2-3-5-7-12)15(19)13-10-11(16)8-9-14(13)17/h8-10,12H,2-7H2,1H3. The topological polar surface area (TPSA) is 20.3 Å². The van der Waals surface area contributed by atoms with Crippen LogP contribution in [0.1, 0.15) is 48.9 Å². The van der Waals surface area contributed by atoms with E-state index in [2.05, 4.69) is 31.9 Å². The molecular formula is C15H19Br2NO. The molecule has 1 aliphatic rings. The van der Waals surface area contributed by atoms with Crippen LogP contribution in [0.15, 0.2) is 27.1 Å². The van der Waals surface area contributed by atoms with Crippen LogP contribution < -0.4 is 0 Å². The molecule has 1 fully saturated rings. The van der Waals surface area contributed by atoms with Crippen molar-refractivity contribution < 1.29 is 4.79 Å². The van der Waals surface area contributed by atoms with Crippen molar-refractivity contribution in [2.24, 2.45) is 0 Å². The van der Waals surface area contributed by atoms with Crippen LogP contribution in [0, 0.1) is 0 Å². The number of rotatable bonds is 2. The van der Waals surface area contributed by atoms with E-state index in [1.807, 2.05) is 30.1 Å². The molecule has 4 heteroatoms. The van der Waals surface area contributed by atoms with Crippen LogP contribution in [0.25, 0.3) is 0 Å². The van der Waals surface area contributed by atoms with Crippen LogP contribution >= 0.6 is 31.9 Å². The van der Waals surface area contributed by atoms with Gasteiger partial charge in [-0.3, -0.25) is 4.79 Å². The van der Waals surface area contributed by atoms with E-state index in [-0.39, 0.29) is 5.91 Å². The molecule has 0 aromatic heterocycles. The Morgan fingerprint density at radius 2 is 1.79 bits per heavy atom. The highest BCUT2D eigenvalue weighted by Crippen LogP contribution is 2.26. The highest BCUT2D eigenvalue weighted by atomic mass is 79.9. The molecule has 19 heavy (non-hydrogen) atoms. The van der Waals surface area contributed by atoms with E-state index in [0.29, 0.717) is 6.04 Å². The summed E-state index contributed by atoms with van der Waals surface area (Å²) in [6.45, 7) is 0. The molecule has 0 saturated heterocycles. The molecule has 2 nitrogen and oxygen atoms in total.